The highest BCUT2D eigenvalue weighted by Crippen LogP contribution is 2.37. The third kappa shape index (κ3) is 2.21. The molecule has 2 nitrogen and oxygen atoms in total. The lowest BCUT2D eigenvalue weighted by molar-refractivity contribution is 0.557. The zero-order chi connectivity index (χ0) is 10.8. The van der Waals surface area contributed by atoms with E-state index >= 15 is 0 Å². The second-order valence-electron chi connectivity index (χ2n) is 3.06. The van der Waals surface area contributed by atoms with Crippen molar-refractivity contribution in [2.45, 2.75) is 6.04 Å². The normalized spacial score (nSPS) is 13.0. The van der Waals surface area contributed by atoms with E-state index in [1.54, 1.807) is 12.5 Å². The number of rotatable bonds is 3. The number of halogens is 2. The zero-order valence-corrected chi connectivity index (χ0v) is 10.3. The van der Waals surface area contributed by atoms with Crippen LogP contribution in [0.5, 0.6) is 0 Å². The SMILES string of the molecule is CNC(c1ccoc1)c1cc(Cl)sc1Cl. The predicted octanol–water partition coefficient (Wildman–Crippen LogP) is 3.96. The molecule has 0 fully saturated rings. The van der Waals surface area contributed by atoms with Crippen LogP contribution in [0.1, 0.15) is 17.2 Å². The van der Waals surface area contributed by atoms with Gasteiger partial charge in [-0.1, -0.05) is 23.2 Å². The minimum atomic E-state index is 0.0278. The predicted molar refractivity (Wildman–Crippen MR) is 63.9 cm³/mol. The topological polar surface area (TPSA) is 25.2 Å². The molecule has 5 heteroatoms. The van der Waals surface area contributed by atoms with Crippen molar-refractivity contribution in [2.75, 3.05) is 7.05 Å². The molecule has 2 aromatic rings. The molecule has 2 heterocycles. The Morgan fingerprint density at radius 2 is 2.27 bits per heavy atom. The molecular formula is C10H9Cl2NOS. The van der Waals surface area contributed by atoms with E-state index in [-0.39, 0.29) is 6.04 Å². The van der Waals surface area contributed by atoms with Crippen LogP contribution in [0.15, 0.2) is 29.1 Å². The van der Waals surface area contributed by atoms with Gasteiger partial charge in [0.05, 0.1) is 27.2 Å². The molecule has 80 valence electrons. The molecule has 0 saturated carbocycles. The average Bonchev–Trinajstić information content (AvgIpc) is 2.79. The second-order valence-corrected chi connectivity index (χ2v) is 5.34. The molecule has 0 saturated heterocycles. The Labute approximate surface area is 102 Å². The van der Waals surface area contributed by atoms with Crippen molar-refractivity contribution in [3.8, 4) is 0 Å². The highest BCUT2D eigenvalue weighted by atomic mass is 35.5. The van der Waals surface area contributed by atoms with E-state index in [0.717, 1.165) is 11.1 Å². The Morgan fingerprint density at radius 3 is 2.73 bits per heavy atom. The largest absolute Gasteiger partial charge is 0.472 e. The second kappa shape index (κ2) is 4.58. The maximum absolute atomic E-state index is 6.10. The van der Waals surface area contributed by atoms with Gasteiger partial charge in [0.1, 0.15) is 0 Å². The van der Waals surface area contributed by atoms with Gasteiger partial charge < -0.3 is 9.73 Å². The fourth-order valence-electron chi connectivity index (χ4n) is 1.49. The fraction of sp³-hybridized carbons (Fsp3) is 0.200. The number of hydrogen-bond donors (Lipinski definition) is 1. The Bertz CT molecular complexity index is 438. The number of nitrogens with one attached hydrogen (secondary N) is 1. The molecule has 0 aliphatic heterocycles. The van der Waals surface area contributed by atoms with Crippen LogP contribution < -0.4 is 5.32 Å². The molecule has 15 heavy (non-hydrogen) atoms. The van der Waals surface area contributed by atoms with Gasteiger partial charge in [0.2, 0.25) is 0 Å². The first kappa shape index (κ1) is 11.0. The van der Waals surface area contributed by atoms with Crippen molar-refractivity contribution in [1.82, 2.24) is 5.32 Å². The van der Waals surface area contributed by atoms with Gasteiger partial charge in [-0.15, -0.1) is 11.3 Å². The summed E-state index contributed by atoms with van der Waals surface area (Å²) < 4.78 is 6.45. The van der Waals surface area contributed by atoms with Gasteiger partial charge in [0, 0.05) is 11.1 Å². The maximum atomic E-state index is 6.10. The number of furan rings is 1. The van der Waals surface area contributed by atoms with Crippen molar-refractivity contribution in [2.24, 2.45) is 0 Å². The van der Waals surface area contributed by atoms with Gasteiger partial charge in [-0.25, -0.2) is 0 Å². The average molecular weight is 262 g/mol. The van der Waals surface area contributed by atoms with Crippen LogP contribution in [0.25, 0.3) is 0 Å². The minimum Gasteiger partial charge on any atom is -0.472 e. The van der Waals surface area contributed by atoms with E-state index in [9.17, 15) is 0 Å². The van der Waals surface area contributed by atoms with Crippen molar-refractivity contribution < 1.29 is 4.42 Å². The molecule has 1 unspecified atom stereocenters. The van der Waals surface area contributed by atoms with Gasteiger partial charge in [-0.3, -0.25) is 0 Å². The summed E-state index contributed by atoms with van der Waals surface area (Å²) in [6, 6.07) is 3.81. The van der Waals surface area contributed by atoms with Crippen molar-refractivity contribution in [1.29, 1.82) is 0 Å². The molecule has 1 atom stereocenters. The zero-order valence-electron chi connectivity index (χ0n) is 7.96. The molecule has 0 spiro atoms. The summed E-state index contributed by atoms with van der Waals surface area (Å²) in [5.41, 5.74) is 2.02. The monoisotopic (exact) mass is 261 g/mol. The molecular weight excluding hydrogens is 253 g/mol. The van der Waals surface area contributed by atoms with Crippen molar-refractivity contribution in [3.05, 3.63) is 44.5 Å². The molecule has 0 amide bonds. The molecule has 0 bridgehead atoms. The molecule has 0 radical (unpaired) electrons. The van der Waals surface area contributed by atoms with Crippen molar-refractivity contribution >= 4 is 34.5 Å². The molecule has 2 rings (SSSR count). The lowest BCUT2D eigenvalue weighted by Gasteiger charge is -2.13. The van der Waals surface area contributed by atoms with Gasteiger partial charge >= 0.3 is 0 Å². The summed E-state index contributed by atoms with van der Waals surface area (Å²) in [6.45, 7) is 0. The first-order valence-corrected chi connectivity index (χ1v) is 5.93. The van der Waals surface area contributed by atoms with E-state index in [0.29, 0.717) is 8.67 Å². The Morgan fingerprint density at radius 1 is 1.47 bits per heavy atom. The lowest BCUT2D eigenvalue weighted by atomic mass is 10.1. The smallest absolute Gasteiger partial charge is 0.0995 e. The first-order chi connectivity index (χ1) is 7.22. The van der Waals surface area contributed by atoms with Gasteiger partial charge in [0.25, 0.3) is 0 Å². The van der Waals surface area contributed by atoms with Crippen molar-refractivity contribution in [3.63, 3.8) is 0 Å². The van der Waals surface area contributed by atoms with Gasteiger partial charge in [-0.2, -0.15) is 0 Å². The summed E-state index contributed by atoms with van der Waals surface area (Å²) in [5, 5.41) is 3.18. The van der Waals surface area contributed by atoms with E-state index in [4.69, 9.17) is 27.6 Å². The fourth-order valence-corrected chi connectivity index (χ4v) is 3.02. The Balaban J connectivity index is 2.39. The van der Waals surface area contributed by atoms with E-state index < -0.39 is 0 Å². The van der Waals surface area contributed by atoms with Gasteiger partial charge in [-0.05, 0) is 19.2 Å². The van der Waals surface area contributed by atoms with Crippen LogP contribution >= 0.6 is 34.5 Å². The van der Waals surface area contributed by atoms with Crippen LogP contribution in [0.4, 0.5) is 0 Å². The summed E-state index contributed by atoms with van der Waals surface area (Å²) in [7, 11) is 1.87. The molecule has 0 aliphatic rings. The van der Waals surface area contributed by atoms with Crippen LogP contribution in [0, 0.1) is 0 Å². The highest BCUT2D eigenvalue weighted by Gasteiger charge is 2.18. The quantitative estimate of drug-likeness (QED) is 0.905. The Hall–Kier alpha value is -0.480. The summed E-state index contributed by atoms with van der Waals surface area (Å²) >= 11 is 13.4. The Kier molecular flexibility index (Phi) is 3.36. The van der Waals surface area contributed by atoms with Crippen LogP contribution in [-0.4, -0.2) is 7.05 Å². The standard InChI is InChI=1S/C10H9Cl2NOS/c1-13-9(6-2-3-14-5-6)7-4-8(11)15-10(7)12/h2-5,9,13H,1H3. The summed E-state index contributed by atoms with van der Waals surface area (Å²) in [4.78, 5) is 0. The van der Waals surface area contributed by atoms with Crippen LogP contribution in [-0.2, 0) is 0 Å². The molecule has 2 aromatic heterocycles. The summed E-state index contributed by atoms with van der Waals surface area (Å²) in [5.74, 6) is 0. The van der Waals surface area contributed by atoms with Crippen LogP contribution in [0.3, 0.4) is 0 Å². The summed E-state index contributed by atoms with van der Waals surface area (Å²) in [6.07, 6.45) is 3.34. The van der Waals surface area contributed by atoms with Crippen LogP contribution in [0.2, 0.25) is 8.67 Å². The minimum absolute atomic E-state index is 0.0278. The third-order valence-electron chi connectivity index (χ3n) is 2.16. The third-order valence-corrected chi connectivity index (χ3v) is 3.68. The van der Waals surface area contributed by atoms with Gasteiger partial charge in [0.15, 0.2) is 0 Å². The van der Waals surface area contributed by atoms with E-state index in [1.165, 1.54) is 11.3 Å². The highest BCUT2D eigenvalue weighted by molar-refractivity contribution is 7.20. The first-order valence-electron chi connectivity index (χ1n) is 4.36. The molecule has 0 aliphatic carbocycles. The number of thiophene rings is 1. The van der Waals surface area contributed by atoms with E-state index in [1.807, 2.05) is 19.2 Å². The molecule has 1 N–H and O–H groups in total. The number of hydrogen-bond acceptors (Lipinski definition) is 3. The molecule has 0 aromatic carbocycles. The van der Waals surface area contributed by atoms with E-state index in [2.05, 4.69) is 5.32 Å². The maximum Gasteiger partial charge on any atom is 0.0995 e. The lowest BCUT2D eigenvalue weighted by Crippen LogP contribution is -2.16.